The molecule has 0 spiro atoms. The molecule has 2 aromatic carbocycles. The molecular formula is C24H23FN4O4. The van der Waals surface area contributed by atoms with E-state index in [0.717, 1.165) is 11.3 Å². The first kappa shape index (κ1) is 21.0. The highest BCUT2D eigenvalue weighted by molar-refractivity contribution is 5.82. The number of piperazine rings is 1. The minimum atomic E-state index is -0.455. The Bertz CT molecular complexity index is 1180. The highest BCUT2D eigenvalue weighted by atomic mass is 19.1. The van der Waals surface area contributed by atoms with Crippen LogP contribution in [0.2, 0.25) is 0 Å². The molecule has 0 radical (unpaired) electrons. The number of non-ortho nitro benzene ring substituents is 1. The van der Waals surface area contributed by atoms with Gasteiger partial charge in [-0.2, -0.15) is 0 Å². The first-order valence-corrected chi connectivity index (χ1v) is 10.8. The van der Waals surface area contributed by atoms with Crippen molar-refractivity contribution in [3.8, 4) is 0 Å². The molecule has 3 aromatic rings. The van der Waals surface area contributed by atoms with E-state index in [9.17, 15) is 19.3 Å². The lowest BCUT2D eigenvalue weighted by molar-refractivity contribution is -0.384. The third-order valence-corrected chi connectivity index (χ3v) is 6.45. The quantitative estimate of drug-likeness (QED) is 0.473. The fraction of sp³-hybridized carbons (Fsp3) is 0.292. The van der Waals surface area contributed by atoms with Crippen LogP contribution in [0.25, 0.3) is 0 Å². The van der Waals surface area contributed by atoms with Crippen LogP contribution in [0.15, 0.2) is 65.3 Å². The van der Waals surface area contributed by atoms with E-state index in [-0.39, 0.29) is 30.0 Å². The number of carbonyl (C=O) groups is 1. The predicted molar refractivity (Wildman–Crippen MR) is 121 cm³/mol. The average Bonchev–Trinajstić information content (AvgIpc) is 3.35. The summed E-state index contributed by atoms with van der Waals surface area (Å²) in [6.45, 7) is 1.88. The van der Waals surface area contributed by atoms with Gasteiger partial charge in [-0.15, -0.1) is 0 Å². The van der Waals surface area contributed by atoms with E-state index >= 15 is 0 Å². The van der Waals surface area contributed by atoms with Gasteiger partial charge in [0.05, 0.1) is 35.4 Å². The average molecular weight is 450 g/mol. The number of nitrogens with one attached hydrogen (secondary N) is 1. The van der Waals surface area contributed by atoms with Gasteiger partial charge in [-0.3, -0.25) is 14.9 Å². The van der Waals surface area contributed by atoms with Crippen LogP contribution in [0.1, 0.15) is 11.3 Å². The number of hydrogen-bond donors (Lipinski definition) is 1. The zero-order valence-electron chi connectivity index (χ0n) is 17.8. The van der Waals surface area contributed by atoms with Crippen molar-refractivity contribution >= 4 is 23.0 Å². The van der Waals surface area contributed by atoms with E-state index in [4.69, 9.17) is 4.42 Å². The van der Waals surface area contributed by atoms with Gasteiger partial charge in [-0.05, 0) is 42.3 Å². The van der Waals surface area contributed by atoms with Gasteiger partial charge >= 0.3 is 0 Å². The molecule has 1 amide bonds. The van der Waals surface area contributed by atoms with Crippen LogP contribution < -0.4 is 15.1 Å². The third-order valence-electron chi connectivity index (χ3n) is 6.45. The normalized spacial score (nSPS) is 19.5. The number of nitrogens with zero attached hydrogens (tertiary/aromatic N) is 3. The summed E-state index contributed by atoms with van der Waals surface area (Å²) in [5.74, 6) is -0.265. The number of nitro groups is 1. The monoisotopic (exact) mass is 450 g/mol. The minimum absolute atomic E-state index is 0.00642. The largest absolute Gasteiger partial charge is 0.467 e. The molecule has 1 fully saturated rings. The first-order valence-electron chi connectivity index (χ1n) is 10.8. The van der Waals surface area contributed by atoms with Gasteiger partial charge in [0, 0.05) is 37.5 Å². The Morgan fingerprint density at radius 1 is 1.15 bits per heavy atom. The second-order valence-electron chi connectivity index (χ2n) is 8.34. The number of furan rings is 1. The molecule has 8 nitrogen and oxygen atoms in total. The summed E-state index contributed by atoms with van der Waals surface area (Å²) in [5.41, 5.74) is 2.19. The summed E-state index contributed by atoms with van der Waals surface area (Å²) in [4.78, 5) is 28.3. The number of carbonyl (C=O) groups excluding carboxylic acids is 1. The summed E-state index contributed by atoms with van der Waals surface area (Å²) in [6.07, 6.45) is 1.92. The van der Waals surface area contributed by atoms with Crippen molar-refractivity contribution in [2.75, 3.05) is 29.4 Å². The van der Waals surface area contributed by atoms with Crippen molar-refractivity contribution in [2.45, 2.75) is 19.0 Å². The van der Waals surface area contributed by atoms with E-state index in [0.29, 0.717) is 37.5 Å². The Morgan fingerprint density at radius 2 is 2.00 bits per heavy atom. The molecule has 9 heteroatoms. The number of rotatable bonds is 5. The van der Waals surface area contributed by atoms with Crippen LogP contribution in [-0.4, -0.2) is 36.5 Å². The van der Waals surface area contributed by atoms with Gasteiger partial charge in [0.15, 0.2) is 0 Å². The standard InChI is InChI=1S/C24H23FN4O4/c25-20-5-1-2-6-22(20)27-9-10-28-21-8-7-17(29(31)32)12-16(21)13-19(23(28)15-27)24(30)26-14-18-4-3-11-33-18/h1-8,11-12,19,23H,9-10,13-15H2,(H,26,30)/t19-,23-/m0/s1. The van der Waals surface area contributed by atoms with E-state index in [1.54, 1.807) is 48.7 Å². The summed E-state index contributed by atoms with van der Waals surface area (Å²) in [5, 5.41) is 14.2. The van der Waals surface area contributed by atoms with Crippen molar-refractivity contribution in [1.29, 1.82) is 0 Å². The maximum absolute atomic E-state index is 14.5. The van der Waals surface area contributed by atoms with Gasteiger partial charge in [0.25, 0.3) is 5.69 Å². The Morgan fingerprint density at radius 3 is 2.76 bits per heavy atom. The summed E-state index contributed by atoms with van der Waals surface area (Å²) < 4.78 is 19.8. The van der Waals surface area contributed by atoms with Gasteiger partial charge < -0.3 is 19.5 Å². The number of anilines is 2. The lowest BCUT2D eigenvalue weighted by atomic mass is 9.83. The van der Waals surface area contributed by atoms with Gasteiger partial charge in [-0.1, -0.05) is 12.1 Å². The van der Waals surface area contributed by atoms with Crippen molar-refractivity contribution in [2.24, 2.45) is 5.92 Å². The van der Waals surface area contributed by atoms with Gasteiger partial charge in [0.1, 0.15) is 11.6 Å². The van der Waals surface area contributed by atoms with Crippen LogP contribution in [0.4, 0.5) is 21.5 Å². The fourth-order valence-corrected chi connectivity index (χ4v) is 4.87. The zero-order chi connectivity index (χ0) is 22.9. The Labute approximate surface area is 189 Å². The Hall–Kier alpha value is -3.88. The molecule has 3 heterocycles. The Balaban J connectivity index is 1.46. The number of para-hydroxylation sites is 1. The topological polar surface area (TPSA) is 91.9 Å². The highest BCUT2D eigenvalue weighted by Crippen LogP contribution is 2.39. The van der Waals surface area contributed by atoms with Crippen LogP contribution >= 0.6 is 0 Å². The molecular weight excluding hydrogens is 427 g/mol. The van der Waals surface area contributed by atoms with Gasteiger partial charge in [0.2, 0.25) is 5.91 Å². The van der Waals surface area contributed by atoms with Crippen LogP contribution in [-0.2, 0) is 17.8 Å². The molecule has 33 heavy (non-hydrogen) atoms. The number of halogens is 1. The maximum Gasteiger partial charge on any atom is 0.269 e. The molecule has 0 unspecified atom stereocenters. The summed E-state index contributed by atoms with van der Waals surface area (Å²) >= 11 is 0. The predicted octanol–water partition coefficient (Wildman–Crippen LogP) is 3.51. The molecule has 1 N–H and O–H groups in total. The fourth-order valence-electron chi connectivity index (χ4n) is 4.87. The zero-order valence-corrected chi connectivity index (χ0v) is 17.8. The highest BCUT2D eigenvalue weighted by Gasteiger charge is 2.42. The molecule has 2 atom stereocenters. The SMILES string of the molecule is O=C(NCc1ccco1)[C@H]1Cc2cc([N+](=O)[O-])ccc2N2CCN(c3ccccc3F)C[C@@H]12. The molecule has 5 rings (SSSR count). The van der Waals surface area contributed by atoms with E-state index in [1.807, 2.05) is 4.90 Å². The first-order chi connectivity index (χ1) is 16.0. The van der Waals surface area contributed by atoms with Gasteiger partial charge in [-0.25, -0.2) is 4.39 Å². The third kappa shape index (κ3) is 4.02. The molecule has 1 aromatic heterocycles. The molecule has 1 saturated heterocycles. The molecule has 0 bridgehead atoms. The number of amides is 1. The van der Waals surface area contributed by atoms with Crippen molar-refractivity contribution in [1.82, 2.24) is 5.32 Å². The van der Waals surface area contributed by atoms with Crippen molar-refractivity contribution in [3.63, 3.8) is 0 Å². The van der Waals surface area contributed by atoms with Crippen molar-refractivity contribution < 1.29 is 18.5 Å². The number of hydrogen-bond acceptors (Lipinski definition) is 6. The molecule has 0 aliphatic carbocycles. The van der Waals surface area contributed by atoms with Crippen LogP contribution in [0.5, 0.6) is 0 Å². The lowest BCUT2D eigenvalue weighted by Crippen LogP contribution is -2.61. The van der Waals surface area contributed by atoms with Crippen molar-refractivity contribution in [3.05, 3.63) is 88.1 Å². The molecule has 2 aliphatic heterocycles. The smallest absolute Gasteiger partial charge is 0.269 e. The van der Waals surface area contributed by atoms with Crippen LogP contribution in [0, 0.1) is 21.8 Å². The van der Waals surface area contributed by atoms with Crippen LogP contribution in [0.3, 0.4) is 0 Å². The molecule has 170 valence electrons. The Kier molecular flexibility index (Phi) is 5.45. The summed E-state index contributed by atoms with van der Waals surface area (Å²) in [6, 6.07) is 14.8. The molecule has 0 saturated carbocycles. The van der Waals surface area contributed by atoms with E-state index in [1.165, 1.54) is 12.1 Å². The lowest BCUT2D eigenvalue weighted by Gasteiger charge is -2.49. The number of benzene rings is 2. The van der Waals surface area contributed by atoms with E-state index in [2.05, 4.69) is 10.2 Å². The van der Waals surface area contributed by atoms with E-state index < -0.39 is 10.8 Å². The second kappa shape index (κ2) is 8.57. The minimum Gasteiger partial charge on any atom is -0.467 e. The second-order valence-corrected chi connectivity index (χ2v) is 8.34. The number of nitro benzene ring substituents is 1. The molecule has 2 aliphatic rings. The maximum atomic E-state index is 14.5. The summed E-state index contributed by atoms with van der Waals surface area (Å²) in [7, 11) is 0. The number of fused-ring (bicyclic) bond motifs is 3.